The van der Waals surface area contributed by atoms with Crippen molar-refractivity contribution in [2.24, 2.45) is 5.92 Å². The SMILES string of the molecule is C[C@H](O)C1O[C@@H](N2C=CC(=O)CC2=O)[C@](C)(F)[C@@H]1C. The van der Waals surface area contributed by atoms with Crippen LogP contribution in [0, 0.1) is 5.92 Å². The van der Waals surface area contributed by atoms with E-state index in [0.717, 1.165) is 4.90 Å². The summed E-state index contributed by atoms with van der Waals surface area (Å²) in [6.07, 6.45) is -0.409. The first-order valence-corrected chi connectivity index (χ1v) is 6.29. The largest absolute Gasteiger partial charge is 0.391 e. The summed E-state index contributed by atoms with van der Waals surface area (Å²) in [7, 11) is 0. The number of hydrogen-bond acceptors (Lipinski definition) is 4. The number of aliphatic hydroxyl groups is 1. The van der Waals surface area contributed by atoms with Crippen LogP contribution in [0.2, 0.25) is 0 Å². The summed E-state index contributed by atoms with van der Waals surface area (Å²) in [5.41, 5.74) is -1.79. The lowest BCUT2D eigenvalue weighted by molar-refractivity contribution is -0.152. The first kappa shape index (κ1) is 14.1. The Labute approximate surface area is 111 Å². The number of allylic oxidation sites excluding steroid dienone is 1. The molecule has 0 aromatic heterocycles. The Morgan fingerprint density at radius 1 is 1.58 bits per heavy atom. The minimum atomic E-state index is -1.79. The minimum Gasteiger partial charge on any atom is -0.391 e. The first-order chi connectivity index (χ1) is 8.75. The number of carbonyl (C=O) groups is 2. The number of aliphatic hydroxyl groups excluding tert-OH is 1. The molecule has 2 aliphatic rings. The average molecular weight is 271 g/mol. The molecule has 0 aromatic carbocycles. The summed E-state index contributed by atoms with van der Waals surface area (Å²) in [6, 6.07) is 0. The van der Waals surface area contributed by atoms with E-state index in [1.165, 1.54) is 26.1 Å². The number of amides is 1. The third-order valence-electron chi connectivity index (χ3n) is 3.91. The second-order valence-electron chi connectivity index (χ2n) is 5.39. The maximum atomic E-state index is 14.8. The van der Waals surface area contributed by atoms with Crippen LogP contribution in [0.5, 0.6) is 0 Å². The topological polar surface area (TPSA) is 66.8 Å². The third-order valence-corrected chi connectivity index (χ3v) is 3.91. The summed E-state index contributed by atoms with van der Waals surface area (Å²) in [4.78, 5) is 24.0. The lowest BCUT2D eigenvalue weighted by Gasteiger charge is -2.33. The van der Waals surface area contributed by atoms with Crippen LogP contribution in [0.25, 0.3) is 0 Å². The molecule has 2 heterocycles. The van der Waals surface area contributed by atoms with Gasteiger partial charge in [0.2, 0.25) is 5.91 Å². The van der Waals surface area contributed by atoms with Gasteiger partial charge in [-0.25, -0.2) is 4.39 Å². The highest BCUT2D eigenvalue weighted by atomic mass is 19.1. The molecule has 0 saturated carbocycles. The van der Waals surface area contributed by atoms with Crippen LogP contribution in [-0.2, 0) is 14.3 Å². The molecule has 106 valence electrons. The Bertz CT molecular complexity index is 432. The van der Waals surface area contributed by atoms with Gasteiger partial charge < -0.3 is 9.84 Å². The van der Waals surface area contributed by atoms with Crippen molar-refractivity contribution in [1.29, 1.82) is 0 Å². The molecule has 6 heteroatoms. The molecule has 19 heavy (non-hydrogen) atoms. The van der Waals surface area contributed by atoms with Crippen molar-refractivity contribution in [3.63, 3.8) is 0 Å². The van der Waals surface area contributed by atoms with Crippen LogP contribution >= 0.6 is 0 Å². The van der Waals surface area contributed by atoms with Gasteiger partial charge in [-0.05, 0) is 19.9 Å². The van der Waals surface area contributed by atoms with E-state index in [9.17, 15) is 19.1 Å². The minimum absolute atomic E-state index is 0.278. The molecule has 1 fully saturated rings. The Kier molecular flexibility index (Phi) is 3.49. The third kappa shape index (κ3) is 2.30. The van der Waals surface area contributed by atoms with Gasteiger partial charge in [0.1, 0.15) is 0 Å². The molecule has 0 bridgehead atoms. The van der Waals surface area contributed by atoms with Crippen LogP contribution in [0.3, 0.4) is 0 Å². The second-order valence-corrected chi connectivity index (χ2v) is 5.39. The number of nitrogens with zero attached hydrogens (tertiary/aromatic N) is 1. The molecule has 5 nitrogen and oxygen atoms in total. The smallest absolute Gasteiger partial charge is 0.236 e. The van der Waals surface area contributed by atoms with Crippen LogP contribution in [0.15, 0.2) is 12.3 Å². The van der Waals surface area contributed by atoms with Crippen molar-refractivity contribution < 1.29 is 23.8 Å². The Hall–Kier alpha value is -1.27. The molecule has 1 amide bonds. The number of ether oxygens (including phenoxy) is 1. The summed E-state index contributed by atoms with van der Waals surface area (Å²) in [5, 5.41) is 9.61. The molecule has 2 rings (SSSR count). The Balaban J connectivity index is 2.27. The van der Waals surface area contributed by atoms with Crippen LogP contribution in [0.1, 0.15) is 27.2 Å². The molecule has 1 N–H and O–H groups in total. The molecule has 0 radical (unpaired) electrons. The number of halogens is 1. The van der Waals surface area contributed by atoms with Crippen molar-refractivity contribution in [3.05, 3.63) is 12.3 Å². The quantitative estimate of drug-likeness (QED) is 0.753. The van der Waals surface area contributed by atoms with Crippen molar-refractivity contribution in [2.45, 2.75) is 51.3 Å². The zero-order valence-corrected chi connectivity index (χ0v) is 11.2. The Morgan fingerprint density at radius 3 is 2.68 bits per heavy atom. The molecule has 2 aliphatic heterocycles. The van der Waals surface area contributed by atoms with Gasteiger partial charge in [-0.3, -0.25) is 14.5 Å². The van der Waals surface area contributed by atoms with Crippen LogP contribution in [0.4, 0.5) is 4.39 Å². The zero-order valence-electron chi connectivity index (χ0n) is 11.2. The predicted octanol–water partition coefficient (Wildman–Crippen LogP) is 0.771. The molecule has 0 aliphatic carbocycles. The van der Waals surface area contributed by atoms with Crippen molar-refractivity contribution >= 4 is 11.7 Å². The standard InChI is InChI=1S/C13H18FNO4/c1-7-11(8(2)16)19-12(13(7,3)14)15-5-4-9(17)6-10(15)18/h4-5,7-8,11-12,16H,6H2,1-3H3/t7-,8+,11?,12-,13-/m1/s1. The van der Waals surface area contributed by atoms with Gasteiger partial charge in [0, 0.05) is 12.1 Å². The average Bonchev–Trinajstić information content (AvgIpc) is 2.52. The lowest BCUT2D eigenvalue weighted by atomic mass is 9.87. The van der Waals surface area contributed by atoms with E-state index < -0.39 is 35.9 Å². The van der Waals surface area contributed by atoms with Gasteiger partial charge in [-0.2, -0.15) is 0 Å². The molecule has 1 unspecified atom stereocenters. The molecule has 5 atom stereocenters. The highest BCUT2D eigenvalue weighted by Crippen LogP contribution is 2.42. The fourth-order valence-corrected chi connectivity index (χ4v) is 2.57. The molecule has 1 saturated heterocycles. The molecular weight excluding hydrogens is 253 g/mol. The van der Waals surface area contributed by atoms with E-state index in [4.69, 9.17) is 4.74 Å². The van der Waals surface area contributed by atoms with Crippen molar-refractivity contribution in [2.75, 3.05) is 0 Å². The van der Waals surface area contributed by atoms with Gasteiger partial charge in [-0.15, -0.1) is 0 Å². The summed E-state index contributed by atoms with van der Waals surface area (Å²) >= 11 is 0. The number of alkyl halides is 1. The van der Waals surface area contributed by atoms with Gasteiger partial charge >= 0.3 is 0 Å². The number of rotatable bonds is 2. The van der Waals surface area contributed by atoms with Gasteiger partial charge in [0.05, 0.1) is 18.6 Å². The lowest BCUT2D eigenvalue weighted by Crippen LogP contribution is -2.49. The predicted molar refractivity (Wildman–Crippen MR) is 64.6 cm³/mol. The molecular formula is C13H18FNO4. The normalized spacial score (nSPS) is 40.9. The monoisotopic (exact) mass is 271 g/mol. The summed E-state index contributed by atoms with van der Waals surface area (Å²) < 4.78 is 20.3. The van der Waals surface area contributed by atoms with Gasteiger partial charge in [0.15, 0.2) is 17.7 Å². The highest BCUT2D eigenvalue weighted by molar-refractivity contribution is 6.06. The highest BCUT2D eigenvalue weighted by Gasteiger charge is 2.56. The van der Waals surface area contributed by atoms with Crippen LogP contribution < -0.4 is 0 Å². The number of carbonyl (C=O) groups excluding carboxylic acids is 2. The van der Waals surface area contributed by atoms with E-state index >= 15 is 0 Å². The first-order valence-electron chi connectivity index (χ1n) is 6.29. The van der Waals surface area contributed by atoms with Gasteiger partial charge in [-0.1, -0.05) is 6.92 Å². The zero-order chi connectivity index (χ0) is 14.4. The Morgan fingerprint density at radius 2 is 2.21 bits per heavy atom. The summed E-state index contributed by atoms with van der Waals surface area (Å²) in [6.45, 7) is 4.51. The number of hydrogen-bond donors (Lipinski definition) is 1. The fraction of sp³-hybridized carbons (Fsp3) is 0.692. The van der Waals surface area contributed by atoms with Crippen molar-refractivity contribution in [1.82, 2.24) is 4.90 Å². The second kappa shape index (κ2) is 4.68. The maximum absolute atomic E-state index is 14.8. The molecule has 0 spiro atoms. The van der Waals surface area contributed by atoms with Crippen LogP contribution in [-0.4, -0.2) is 45.8 Å². The van der Waals surface area contributed by atoms with E-state index in [1.54, 1.807) is 6.92 Å². The van der Waals surface area contributed by atoms with E-state index in [2.05, 4.69) is 0 Å². The van der Waals surface area contributed by atoms with E-state index in [1.807, 2.05) is 0 Å². The molecule has 0 aromatic rings. The van der Waals surface area contributed by atoms with E-state index in [0.29, 0.717) is 0 Å². The van der Waals surface area contributed by atoms with Crippen molar-refractivity contribution in [3.8, 4) is 0 Å². The maximum Gasteiger partial charge on any atom is 0.236 e. The summed E-state index contributed by atoms with van der Waals surface area (Å²) in [5.74, 6) is -1.35. The van der Waals surface area contributed by atoms with E-state index in [-0.39, 0.29) is 12.2 Å². The number of ketones is 1. The van der Waals surface area contributed by atoms with Gasteiger partial charge in [0.25, 0.3) is 0 Å². The fourth-order valence-electron chi connectivity index (χ4n) is 2.57.